The first-order chi connectivity index (χ1) is 7.46. The Morgan fingerprint density at radius 2 is 2.25 bits per heavy atom. The van der Waals surface area contributed by atoms with E-state index >= 15 is 0 Å². The Morgan fingerprint density at radius 3 is 2.88 bits per heavy atom. The van der Waals surface area contributed by atoms with Crippen LogP contribution in [0.25, 0.3) is 0 Å². The van der Waals surface area contributed by atoms with Crippen molar-refractivity contribution in [2.45, 2.75) is 0 Å². The van der Waals surface area contributed by atoms with Crippen molar-refractivity contribution in [1.29, 1.82) is 0 Å². The molecule has 0 bridgehead atoms. The summed E-state index contributed by atoms with van der Waals surface area (Å²) >= 11 is 5.64. The van der Waals surface area contributed by atoms with Crippen LogP contribution in [0, 0.1) is 0 Å². The zero-order valence-corrected chi connectivity index (χ0v) is 10.0. The van der Waals surface area contributed by atoms with Gasteiger partial charge in [0.15, 0.2) is 5.82 Å². The highest BCUT2D eigenvalue weighted by Gasteiger charge is 2.08. The van der Waals surface area contributed by atoms with Gasteiger partial charge in [-0.15, -0.1) is 0 Å². The van der Waals surface area contributed by atoms with Gasteiger partial charge in [0.05, 0.1) is 12.1 Å². The molecule has 1 aromatic rings. The minimum absolute atomic E-state index is 0.0932. The number of hydrogen-bond acceptors (Lipinski definition) is 5. The molecule has 0 aliphatic carbocycles. The van der Waals surface area contributed by atoms with Crippen molar-refractivity contribution in [1.82, 2.24) is 14.7 Å². The van der Waals surface area contributed by atoms with E-state index in [-0.39, 0.29) is 23.1 Å². The van der Waals surface area contributed by atoms with Crippen molar-refractivity contribution in [3.05, 3.63) is 21.7 Å². The number of rotatable bonds is 5. The molecule has 1 heterocycles. The van der Waals surface area contributed by atoms with Crippen LogP contribution in [0.15, 0.2) is 11.1 Å². The van der Waals surface area contributed by atoms with Gasteiger partial charge in [0.2, 0.25) is 10.0 Å². The largest absolute Gasteiger partial charge is 0.368 e. The summed E-state index contributed by atoms with van der Waals surface area (Å²) < 4.78 is 24.3. The first kappa shape index (κ1) is 12.9. The topological polar surface area (TPSA) is 104 Å². The third kappa shape index (κ3) is 3.47. The van der Waals surface area contributed by atoms with Crippen LogP contribution in [-0.2, 0) is 10.0 Å². The first-order valence-corrected chi connectivity index (χ1v) is 6.37. The second-order valence-electron chi connectivity index (χ2n) is 2.84. The van der Waals surface area contributed by atoms with Gasteiger partial charge in [0.1, 0.15) is 5.02 Å². The van der Waals surface area contributed by atoms with E-state index < -0.39 is 15.6 Å². The van der Waals surface area contributed by atoms with Gasteiger partial charge in [-0.05, 0) is 7.05 Å². The second kappa shape index (κ2) is 5.28. The van der Waals surface area contributed by atoms with Gasteiger partial charge in [0.25, 0.3) is 5.56 Å². The Labute approximate surface area is 97.3 Å². The number of nitrogens with one attached hydrogen (secondary N) is 3. The lowest BCUT2D eigenvalue weighted by atomic mass is 10.5. The van der Waals surface area contributed by atoms with Crippen LogP contribution in [0.1, 0.15) is 0 Å². The SMILES string of the molecule is CNS(=O)(=O)CCNc1nc[nH]c(=O)c1Cl. The minimum Gasteiger partial charge on any atom is -0.368 e. The molecule has 0 aromatic carbocycles. The quantitative estimate of drug-likeness (QED) is 0.659. The minimum atomic E-state index is -3.28. The molecule has 0 radical (unpaired) electrons. The molecule has 0 unspecified atom stereocenters. The maximum absolute atomic E-state index is 11.1. The van der Waals surface area contributed by atoms with Crippen LogP contribution >= 0.6 is 11.6 Å². The number of H-pyrrole nitrogens is 1. The maximum Gasteiger partial charge on any atom is 0.271 e. The van der Waals surface area contributed by atoms with Crippen LogP contribution in [0.4, 0.5) is 5.82 Å². The number of nitrogens with zero attached hydrogens (tertiary/aromatic N) is 1. The molecule has 0 saturated heterocycles. The van der Waals surface area contributed by atoms with Gasteiger partial charge in [-0.3, -0.25) is 4.79 Å². The summed E-state index contributed by atoms with van der Waals surface area (Å²) in [5.41, 5.74) is -0.476. The lowest BCUT2D eigenvalue weighted by molar-refractivity contribution is 0.588. The summed E-state index contributed by atoms with van der Waals surface area (Å²) in [5, 5.41) is 2.57. The Balaban J connectivity index is 2.63. The summed E-state index contributed by atoms with van der Waals surface area (Å²) in [4.78, 5) is 17.1. The number of halogens is 1. The Kier molecular flexibility index (Phi) is 4.27. The molecule has 0 atom stereocenters. The van der Waals surface area contributed by atoms with Crippen LogP contribution in [0.5, 0.6) is 0 Å². The summed E-state index contributed by atoms with van der Waals surface area (Å²) in [6, 6.07) is 0. The van der Waals surface area contributed by atoms with Gasteiger partial charge < -0.3 is 10.3 Å². The first-order valence-electron chi connectivity index (χ1n) is 4.34. The van der Waals surface area contributed by atoms with E-state index in [0.29, 0.717) is 0 Å². The van der Waals surface area contributed by atoms with Crippen molar-refractivity contribution < 1.29 is 8.42 Å². The zero-order chi connectivity index (χ0) is 12.2. The zero-order valence-electron chi connectivity index (χ0n) is 8.45. The van der Waals surface area contributed by atoms with Crippen LogP contribution in [0.3, 0.4) is 0 Å². The number of aromatic amines is 1. The van der Waals surface area contributed by atoms with Crippen molar-refractivity contribution >= 4 is 27.4 Å². The third-order valence-electron chi connectivity index (χ3n) is 1.77. The maximum atomic E-state index is 11.1. The average Bonchev–Trinajstić information content (AvgIpc) is 2.24. The second-order valence-corrected chi connectivity index (χ2v) is 5.27. The van der Waals surface area contributed by atoms with Crippen molar-refractivity contribution in [2.24, 2.45) is 0 Å². The van der Waals surface area contributed by atoms with Crippen LogP contribution < -0.4 is 15.6 Å². The van der Waals surface area contributed by atoms with Crippen LogP contribution in [0.2, 0.25) is 5.02 Å². The van der Waals surface area contributed by atoms with E-state index in [1.54, 1.807) is 0 Å². The van der Waals surface area contributed by atoms with Gasteiger partial charge in [0, 0.05) is 6.54 Å². The third-order valence-corrected chi connectivity index (χ3v) is 3.49. The Bertz CT molecular complexity index is 513. The lowest BCUT2D eigenvalue weighted by Crippen LogP contribution is -2.26. The van der Waals surface area contributed by atoms with Gasteiger partial charge >= 0.3 is 0 Å². The molecule has 0 aliphatic heterocycles. The number of sulfonamides is 1. The fraction of sp³-hybridized carbons (Fsp3) is 0.429. The molecule has 90 valence electrons. The number of hydrogen-bond donors (Lipinski definition) is 3. The van der Waals surface area contributed by atoms with Gasteiger partial charge in [-0.25, -0.2) is 18.1 Å². The van der Waals surface area contributed by atoms with Crippen molar-refractivity contribution in [3.8, 4) is 0 Å². The fourth-order valence-corrected chi connectivity index (χ4v) is 1.66. The van der Waals surface area contributed by atoms with Crippen LogP contribution in [-0.4, -0.2) is 37.7 Å². The van der Waals surface area contributed by atoms with E-state index in [1.165, 1.54) is 13.4 Å². The lowest BCUT2D eigenvalue weighted by Gasteiger charge is -2.06. The molecule has 0 saturated carbocycles. The monoisotopic (exact) mass is 266 g/mol. The molecule has 1 rings (SSSR count). The van der Waals surface area contributed by atoms with Gasteiger partial charge in [-0.2, -0.15) is 0 Å². The highest BCUT2D eigenvalue weighted by atomic mass is 35.5. The molecule has 0 aliphatic rings. The number of aromatic nitrogens is 2. The Hall–Kier alpha value is -1.12. The van der Waals surface area contributed by atoms with E-state index in [2.05, 4.69) is 20.0 Å². The predicted molar refractivity (Wildman–Crippen MR) is 61.2 cm³/mol. The molecule has 0 fully saturated rings. The van der Waals surface area contributed by atoms with Crippen molar-refractivity contribution in [2.75, 3.05) is 24.7 Å². The van der Waals surface area contributed by atoms with E-state index in [9.17, 15) is 13.2 Å². The molecule has 9 heteroatoms. The molecular formula is C7H11ClN4O3S. The molecule has 0 spiro atoms. The standard InChI is InChI=1S/C7H11ClN4O3S/c1-9-16(14,15)3-2-10-6-5(8)7(13)12-4-11-6/h4,9H,2-3H2,1H3,(H2,10,11,12,13). The molecular weight excluding hydrogens is 256 g/mol. The molecule has 3 N–H and O–H groups in total. The van der Waals surface area contributed by atoms with E-state index in [4.69, 9.17) is 11.6 Å². The Morgan fingerprint density at radius 1 is 1.56 bits per heavy atom. The van der Waals surface area contributed by atoms with E-state index in [1.807, 2.05) is 0 Å². The van der Waals surface area contributed by atoms with Crippen molar-refractivity contribution in [3.63, 3.8) is 0 Å². The summed E-state index contributed by atoms with van der Waals surface area (Å²) in [6.45, 7) is 0.110. The smallest absolute Gasteiger partial charge is 0.271 e. The molecule has 7 nitrogen and oxygen atoms in total. The predicted octanol–water partition coefficient (Wildman–Crippen LogP) is -0.616. The molecule has 0 amide bonds. The fourth-order valence-electron chi connectivity index (χ4n) is 0.912. The summed E-state index contributed by atoms with van der Waals surface area (Å²) in [6.07, 6.45) is 1.18. The highest BCUT2D eigenvalue weighted by Crippen LogP contribution is 2.11. The molecule has 16 heavy (non-hydrogen) atoms. The van der Waals surface area contributed by atoms with Gasteiger partial charge in [-0.1, -0.05) is 11.6 Å². The number of anilines is 1. The van der Waals surface area contributed by atoms with E-state index in [0.717, 1.165) is 0 Å². The molecule has 1 aromatic heterocycles. The highest BCUT2D eigenvalue weighted by molar-refractivity contribution is 7.89. The normalized spacial score (nSPS) is 11.4. The summed E-state index contributed by atoms with van der Waals surface area (Å²) in [5.74, 6) is 0.0330. The average molecular weight is 267 g/mol. The summed E-state index contributed by atoms with van der Waals surface area (Å²) in [7, 11) is -1.95.